The highest BCUT2D eigenvalue weighted by Crippen LogP contribution is 2.24. The molecule has 1 heterocycles. The van der Waals surface area contributed by atoms with E-state index in [-0.39, 0.29) is 24.6 Å². The van der Waals surface area contributed by atoms with Crippen molar-refractivity contribution in [1.29, 1.82) is 0 Å². The van der Waals surface area contributed by atoms with Crippen LogP contribution in [0.15, 0.2) is 18.2 Å². The number of amides is 2. The minimum Gasteiger partial charge on any atom is -0.464 e. The molecule has 0 aromatic heterocycles. The third-order valence-corrected chi connectivity index (χ3v) is 5.02. The summed E-state index contributed by atoms with van der Waals surface area (Å²) in [7, 11) is 0. The summed E-state index contributed by atoms with van der Waals surface area (Å²) in [5, 5.41) is 15.3. The number of carbonyl (C=O) groups is 3. The molecule has 2 amide bonds. The van der Waals surface area contributed by atoms with Crippen LogP contribution in [-0.2, 0) is 19.1 Å². The monoisotopic (exact) mass is 381 g/mol. The van der Waals surface area contributed by atoms with Crippen molar-refractivity contribution in [2.24, 2.45) is 0 Å². The molecule has 1 aliphatic rings. The molecule has 0 spiro atoms. The van der Waals surface area contributed by atoms with Gasteiger partial charge in [-0.15, -0.1) is 11.8 Å². The highest BCUT2D eigenvalue weighted by atomic mass is 32.2. The highest BCUT2D eigenvalue weighted by Gasteiger charge is 2.34. The van der Waals surface area contributed by atoms with Crippen molar-refractivity contribution in [3.63, 3.8) is 0 Å². The van der Waals surface area contributed by atoms with E-state index in [4.69, 9.17) is 4.74 Å². The predicted octanol–water partition coefficient (Wildman–Crippen LogP) is 1.40. The van der Waals surface area contributed by atoms with Crippen molar-refractivity contribution in [2.75, 3.05) is 17.7 Å². The number of nitro groups is 1. The standard InChI is InChI=1S/C16H19N3O6S/c1-3-25-16(22)12-8-26-13(15(21)18-12)7-14(20)17-11-5-4-10(19(23)24)6-9(11)2/h4-6,12-13H,3,7-8H2,1-2H3,(H,17,20)(H,18,21)/t12-,13-/m0/s1. The molecule has 1 saturated heterocycles. The average molecular weight is 381 g/mol. The first-order chi connectivity index (χ1) is 12.3. The number of hydrogen-bond acceptors (Lipinski definition) is 7. The lowest BCUT2D eigenvalue weighted by atomic mass is 10.1. The summed E-state index contributed by atoms with van der Waals surface area (Å²) >= 11 is 1.22. The van der Waals surface area contributed by atoms with Gasteiger partial charge >= 0.3 is 5.97 Å². The Morgan fingerprint density at radius 1 is 1.46 bits per heavy atom. The van der Waals surface area contributed by atoms with Crippen LogP contribution < -0.4 is 10.6 Å². The Bertz CT molecular complexity index is 739. The number of rotatable bonds is 6. The van der Waals surface area contributed by atoms with Gasteiger partial charge in [0.1, 0.15) is 6.04 Å². The SMILES string of the molecule is CCOC(=O)[C@@H]1CS[C@@H](CC(=O)Nc2ccc([N+](=O)[O-])cc2C)C(=O)N1. The van der Waals surface area contributed by atoms with Crippen LogP contribution >= 0.6 is 11.8 Å². The van der Waals surface area contributed by atoms with Crippen molar-refractivity contribution in [2.45, 2.75) is 31.6 Å². The summed E-state index contributed by atoms with van der Waals surface area (Å²) in [6.45, 7) is 3.56. The lowest BCUT2D eigenvalue weighted by Crippen LogP contribution is -2.51. The third kappa shape index (κ3) is 4.94. The van der Waals surface area contributed by atoms with E-state index in [1.807, 2.05) is 0 Å². The van der Waals surface area contributed by atoms with E-state index < -0.39 is 28.1 Å². The molecular formula is C16H19N3O6S. The summed E-state index contributed by atoms with van der Waals surface area (Å²) in [4.78, 5) is 46.2. The fourth-order valence-corrected chi connectivity index (χ4v) is 3.52. The van der Waals surface area contributed by atoms with Gasteiger partial charge in [-0.25, -0.2) is 4.79 Å². The maximum atomic E-state index is 12.2. The molecule has 2 N–H and O–H groups in total. The predicted molar refractivity (Wildman–Crippen MR) is 95.9 cm³/mol. The molecule has 1 aromatic carbocycles. The third-order valence-electron chi connectivity index (χ3n) is 3.71. The molecule has 10 heteroatoms. The molecule has 0 saturated carbocycles. The van der Waals surface area contributed by atoms with Crippen molar-refractivity contribution in [3.8, 4) is 0 Å². The van der Waals surface area contributed by atoms with E-state index in [2.05, 4.69) is 10.6 Å². The molecule has 1 fully saturated rings. The number of anilines is 1. The molecule has 0 radical (unpaired) electrons. The average Bonchev–Trinajstić information content (AvgIpc) is 2.58. The first kappa shape index (κ1) is 19.7. The first-order valence-corrected chi connectivity index (χ1v) is 9.00. The van der Waals surface area contributed by atoms with E-state index in [0.717, 1.165) is 0 Å². The molecule has 1 aromatic rings. The number of hydrogen-bond donors (Lipinski definition) is 2. The Morgan fingerprint density at radius 2 is 2.19 bits per heavy atom. The minimum atomic E-state index is -0.705. The van der Waals surface area contributed by atoms with Crippen LogP contribution in [0.5, 0.6) is 0 Å². The van der Waals surface area contributed by atoms with Gasteiger partial charge in [0, 0.05) is 30.0 Å². The van der Waals surface area contributed by atoms with Crippen LogP contribution in [0.4, 0.5) is 11.4 Å². The Balaban J connectivity index is 1.91. The second kappa shape index (κ2) is 8.65. The summed E-state index contributed by atoms with van der Waals surface area (Å²) in [5.41, 5.74) is 0.939. The number of esters is 1. The van der Waals surface area contributed by atoms with Gasteiger partial charge < -0.3 is 15.4 Å². The van der Waals surface area contributed by atoms with Crippen molar-refractivity contribution in [1.82, 2.24) is 5.32 Å². The lowest BCUT2D eigenvalue weighted by molar-refractivity contribution is -0.384. The summed E-state index contributed by atoms with van der Waals surface area (Å²) < 4.78 is 4.87. The molecule has 9 nitrogen and oxygen atoms in total. The van der Waals surface area contributed by atoms with Crippen LogP contribution in [0, 0.1) is 17.0 Å². The van der Waals surface area contributed by atoms with Gasteiger partial charge in [0.25, 0.3) is 5.69 Å². The van der Waals surface area contributed by atoms with Crippen molar-refractivity contribution < 1.29 is 24.0 Å². The smallest absolute Gasteiger partial charge is 0.329 e. The van der Waals surface area contributed by atoms with Crippen molar-refractivity contribution in [3.05, 3.63) is 33.9 Å². The van der Waals surface area contributed by atoms with Crippen LogP contribution in [0.3, 0.4) is 0 Å². The van der Waals surface area contributed by atoms with E-state index in [1.54, 1.807) is 13.8 Å². The molecule has 26 heavy (non-hydrogen) atoms. The van der Waals surface area contributed by atoms with Crippen LogP contribution in [0.25, 0.3) is 0 Å². The molecular weight excluding hydrogens is 362 g/mol. The Kier molecular flexibility index (Phi) is 6.56. The number of nitro benzene ring substituents is 1. The lowest BCUT2D eigenvalue weighted by Gasteiger charge is -2.27. The first-order valence-electron chi connectivity index (χ1n) is 7.95. The van der Waals surface area contributed by atoms with Gasteiger partial charge in [-0.05, 0) is 25.5 Å². The Labute approximate surface area is 154 Å². The topological polar surface area (TPSA) is 128 Å². The molecule has 2 atom stereocenters. The number of aryl methyl sites for hydroxylation is 1. The molecule has 2 rings (SSSR count). The van der Waals surface area contributed by atoms with Crippen molar-refractivity contribution >= 4 is 40.9 Å². The van der Waals surface area contributed by atoms with E-state index in [1.165, 1.54) is 30.0 Å². The second-order valence-electron chi connectivity index (χ2n) is 5.64. The van der Waals surface area contributed by atoms with Gasteiger partial charge in [0.2, 0.25) is 11.8 Å². The number of nitrogens with one attached hydrogen (secondary N) is 2. The summed E-state index contributed by atoms with van der Waals surface area (Å²) in [5.74, 6) is -0.934. The Hall–Kier alpha value is -2.62. The minimum absolute atomic E-state index is 0.0623. The molecule has 0 unspecified atom stereocenters. The zero-order chi connectivity index (χ0) is 19.3. The largest absolute Gasteiger partial charge is 0.464 e. The van der Waals surface area contributed by atoms with E-state index in [0.29, 0.717) is 17.0 Å². The second-order valence-corrected chi connectivity index (χ2v) is 6.88. The quantitative estimate of drug-likeness (QED) is 0.433. The number of nitrogens with zero attached hydrogens (tertiary/aromatic N) is 1. The number of benzene rings is 1. The van der Waals surface area contributed by atoms with Gasteiger partial charge in [0.15, 0.2) is 0 Å². The van der Waals surface area contributed by atoms with E-state index >= 15 is 0 Å². The Morgan fingerprint density at radius 3 is 2.77 bits per heavy atom. The van der Waals surface area contributed by atoms with Gasteiger partial charge in [0.05, 0.1) is 16.8 Å². The number of carbonyl (C=O) groups excluding carboxylic acids is 3. The molecule has 0 aliphatic carbocycles. The summed E-state index contributed by atoms with van der Waals surface area (Å²) in [6, 6.07) is 3.41. The zero-order valence-electron chi connectivity index (χ0n) is 14.3. The molecule has 0 bridgehead atoms. The normalized spacial score (nSPS) is 19.4. The van der Waals surface area contributed by atoms with Crippen LogP contribution in [0.2, 0.25) is 0 Å². The maximum Gasteiger partial charge on any atom is 0.329 e. The van der Waals surface area contributed by atoms with Crippen LogP contribution in [-0.4, -0.2) is 46.4 Å². The molecule has 140 valence electrons. The van der Waals surface area contributed by atoms with Gasteiger partial charge in [-0.1, -0.05) is 0 Å². The van der Waals surface area contributed by atoms with Gasteiger partial charge in [-0.2, -0.15) is 0 Å². The number of non-ortho nitro benzene ring substituents is 1. The highest BCUT2D eigenvalue weighted by molar-refractivity contribution is 8.00. The fraction of sp³-hybridized carbons (Fsp3) is 0.438. The number of ether oxygens (including phenoxy) is 1. The molecule has 1 aliphatic heterocycles. The van der Waals surface area contributed by atoms with Crippen LogP contribution in [0.1, 0.15) is 18.9 Å². The fourth-order valence-electron chi connectivity index (χ4n) is 2.39. The van der Waals surface area contributed by atoms with Gasteiger partial charge in [-0.3, -0.25) is 19.7 Å². The zero-order valence-corrected chi connectivity index (χ0v) is 15.1. The number of thioether (sulfide) groups is 1. The summed E-state index contributed by atoms with van der Waals surface area (Å²) in [6.07, 6.45) is -0.0670. The maximum absolute atomic E-state index is 12.2. The van der Waals surface area contributed by atoms with E-state index in [9.17, 15) is 24.5 Å².